The van der Waals surface area contributed by atoms with Gasteiger partial charge in [-0.1, -0.05) is 5.16 Å². The SMILES string of the molecule is Cc1cc(COC(=O)Nc2ccc3c(c2)N(Cc2c[nH]cn2)CCO3)no1. The minimum absolute atomic E-state index is 0.0442. The largest absolute Gasteiger partial charge is 0.490 e. The summed E-state index contributed by atoms with van der Waals surface area (Å²) < 4.78 is 15.8. The van der Waals surface area contributed by atoms with Crippen molar-refractivity contribution < 1.29 is 18.8 Å². The molecule has 1 aliphatic rings. The van der Waals surface area contributed by atoms with Gasteiger partial charge in [-0.3, -0.25) is 5.32 Å². The van der Waals surface area contributed by atoms with Crippen LogP contribution >= 0.6 is 0 Å². The van der Waals surface area contributed by atoms with Gasteiger partial charge in [0.1, 0.15) is 30.4 Å². The number of aromatic nitrogens is 3. The number of amides is 1. The van der Waals surface area contributed by atoms with Crippen LogP contribution in [-0.4, -0.2) is 34.4 Å². The number of carbonyl (C=O) groups is 1. The third-order valence-electron chi connectivity index (χ3n) is 4.10. The lowest BCUT2D eigenvalue weighted by Gasteiger charge is -2.31. The molecule has 0 fully saturated rings. The van der Waals surface area contributed by atoms with E-state index in [4.69, 9.17) is 14.0 Å². The molecule has 0 radical (unpaired) electrons. The van der Waals surface area contributed by atoms with Crippen molar-refractivity contribution in [3.05, 3.63) is 53.9 Å². The van der Waals surface area contributed by atoms with Crippen LogP contribution in [-0.2, 0) is 17.9 Å². The Kier molecular flexibility index (Phi) is 4.65. The van der Waals surface area contributed by atoms with Crippen molar-refractivity contribution in [3.63, 3.8) is 0 Å². The molecule has 0 aliphatic carbocycles. The number of anilines is 2. The number of ether oxygens (including phenoxy) is 2. The molecule has 3 aromatic rings. The summed E-state index contributed by atoms with van der Waals surface area (Å²) in [4.78, 5) is 21.4. The summed E-state index contributed by atoms with van der Waals surface area (Å²) in [6.07, 6.45) is 2.95. The van der Waals surface area contributed by atoms with E-state index in [1.54, 1.807) is 25.4 Å². The Morgan fingerprint density at radius 2 is 2.30 bits per heavy atom. The number of nitrogens with zero attached hydrogens (tertiary/aromatic N) is 3. The molecule has 1 aliphatic heterocycles. The number of nitrogens with one attached hydrogen (secondary N) is 2. The van der Waals surface area contributed by atoms with Gasteiger partial charge in [-0.15, -0.1) is 0 Å². The molecule has 2 aromatic heterocycles. The Hall–Kier alpha value is -3.49. The zero-order valence-electron chi connectivity index (χ0n) is 14.8. The second-order valence-electron chi connectivity index (χ2n) is 6.14. The van der Waals surface area contributed by atoms with Gasteiger partial charge in [-0.2, -0.15) is 0 Å². The van der Waals surface area contributed by atoms with Crippen molar-refractivity contribution >= 4 is 17.5 Å². The van der Waals surface area contributed by atoms with Gasteiger partial charge in [-0.05, 0) is 25.1 Å². The standard InChI is InChI=1S/C18H19N5O4/c1-12-6-14(22-27-12)10-26-18(24)21-13-2-3-17-16(7-13)23(4-5-25-17)9-15-8-19-11-20-15/h2-3,6-8,11H,4-5,9-10H2,1H3,(H,19,20)(H,21,24). The molecule has 0 saturated carbocycles. The maximum atomic E-state index is 12.0. The number of aryl methyl sites for hydroxylation is 1. The first kappa shape index (κ1) is 17.0. The van der Waals surface area contributed by atoms with Crippen molar-refractivity contribution in [1.82, 2.24) is 15.1 Å². The van der Waals surface area contributed by atoms with Crippen LogP contribution in [0.3, 0.4) is 0 Å². The van der Waals surface area contributed by atoms with Crippen LogP contribution in [0.4, 0.5) is 16.2 Å². The van der Waals surface area contributed by atoms with E-state index in [1.165, 1.54) is 0 Å². The summed E-state index contributed by atoms with van der Waals surface area (Å²) in [6.45, 7) is 3.81. The first-order chi connectivity index (χ1) is 13.2. The Labute approximate surface area is 155 Å². The topological polar surface area (TPSA) is 106 Å². The average molecular weight is 369 g/mol. The summed E-state index contributed by atoms with van der Waals surface area (Å²) in [7, 11) is 0. The summed E-state index contributed by atoms with van der Waals surface area (Å²) in [5.41, 5.74) is 3.01. The van der Waals surface area contributed by atoms with Crippen LogP contribution in [0.2, 0.25) is 0 Å². The van der Waals surface area contributed by atoms with Gasteiger partial charge in [0.25, 0.3) is 0 Å². The number of aromatic amines is 1. The number of H-pyrrole nitrogens is 1. The molecule has 27 heavy (non-hydrogen) atoms. The van der Waals surface area contributed by atoms with E-state index in [0.29, 0.717) is 30.3 Å². The molecule has 2 N–H and O–H groups in total. The van der Waals surface area contributed by atoms with E-state index in [0.717, 1.165) is 23.7 Å². The van der Waals surface area contributed by atoms with E-state index in [1.807, 2.05) is 18.3 Å². The highest BCUT2D eigenvalue weighted by atomic mass is 16.6. The summed E-state index contributed by atoms with van der Waals surface area (Å²) >= 11 is 0. The van der Waals surface area contributed by atoms with Crippen molar-refractivity contribution in [1.29, 1.82) is 0 Å². The number of hydrogen-bond acceptors (Lipinski definition) is 7. The fourth-order valence-corrected chi connectivity index (χ4v) is 2.87. The third-order valence-corrected chi connectivity index (χ3v) is 4.10. The Bertz CT molecular complexity index is 922. The number of fused-ring (bicyclic) bond motifs is 1. The lowest BCUT2D eigenvalue weighted by molar-refractivity contribution is 0.152. The smallest absolute Gasteiger partial charge is 0.412 e. The van der Waals surface area contributed by atoms with Gasteiger partial charge >= 0.3 is 6.09 Å². The molecule has 1 amide bonds. The quantitative estimate of drug-likeness (QED) is 0.712. The molecule has 0 atom stereocenters. The lowest BCUT2D eigenvalue weighted by Crippen LogP contribution is -2.32. The normalized spacial score (nSPS) is 13.0. The summed E-state index contributed by atoms with van der Waals surface area (Å²) in [5, 5.41) is 6.51. The molecule has 0 spiro atoms. The number of carbonyl (C=O) groups excluding carboxylic acids is 1. The first-order valence-corrected chi connectivity index (χ1v) is 8.53. The Balaban J connectivity index is 1.42. The molecule has 1 aromatic carbocycles. The van der Waals surface area contributed by atoms with Crippen molar-refractivity contribution in [3.8, 4) is 5.75 Å². The van der Waals surface area contributed by atoms with Crippen LogP contribution in [0.1, 0.15) is 17.1 Å². The molecule has 4 rings (SSSR count). The van der Waals surface area contributed by atoms with Crippen LogP contribution < -0.4 is 15.0 Å². The fourth-order valence-electron chi connectivity index (χ4n) is 2.87. The predicted molar refractivity (Wildman–Crippen MR) is 96.6 cm³/mol. The minimum Gasteiger partial charge on any atom is -0.490 e. The molecule has 0 saturated heterocycles. The second kappa shape index (κ2) is 7.40. The average Bonchev–Trinajstić information content (AvgIpc) is 3.32. The number of imidazole rings is 1. The van der Waals surface area contributed by atoms with Crippen molar-refractivity contribution in [2.45, 2.75) is 20.1 Å². The van der Waals surface area contributed by atoms with Crippen LogP contribution in [0.5, 0.6) is 5.75 Å². The highest BCUT2D eigenvalue weighted by molar-refractivity contribution is 5.86. The lowest BCUT2D eigenvalue weighted by atomic mass is 10.2. The highest BCUT2D eigenvalue weighted by Gasteiger charge is 2.20. The van der Waals surface area contributed by atoms with Gasteiger partial charge in [-0.25, -0.2) is 9.78 Å². The van der Waals surface area contributed by atoms with E-state index in [2.05, 4.69) is 25.3 Å². The molecule has 9 heteroatoms. The summed E-state index contributed by atoms with van der Waals surface area (Å²) in [6, 6.07) is 7.19. The van der Waals surface area contributed by atoms with Gasteiger partial charge in [0.05, 0.1) is 30.8 Å². The maximum absolute atomic E-state index is 12.0. The molecular weight excluding hydrogens is 350 g/mol. The monoisotopic (exact) mass is 369 g/mol. The molecule has 0 unspecified atom stereocenters. The Morgan fingerprint density at radius 1 is 1.37 bits per heavy atom. The van der Waals surface area contributed by atoms with Crippen LogP contribution in [0.25, 0.3) is 0 Å². The zero-order chi connectivity index (χ0) is 18.6. The zero-order valence-corrected chi connectivity index (χ0v) is 14.8. The van der Waals surface area contributed by atoms with Gasteiger partial charge in [0, 0.05) is 18.0 Å². The van der Waals surface area contributed by atoms with Crippen LogP contribution in [0.15, 0.2) is 41.3 Å². The molecule has 3 heterocycles. The minimum atomic E-state index is -0.564. The van der Waals surface area contributed by atoms with Crippen molar-refractivity contribution in [2.75, 3.05) is 23.4 Å². The second-order valence-corrected chi connectivity index (χ2v) is 6.14. The van der Waals surface area contributed by atoms with E-state index < -0.39 is 6.09 Å². The van der Waals surface area contributed by atoms with Gasteiger partial charge in [0.2, 0.25) is 0 Å². The number of rotatable bonds is 5. The fraction of sp³-hybridized carbons (Fsp3) is 0.278. The van der Waals surface area contributed by atoms with E-state index >= 15 is 0 Å². The van der Waals surface area contributed by atoms with E-state index in [9.17, 15) is 4.79 Å². The predicted octanol–water partition coefficient (Wildman–Crippen LogP) is 2.85. The first-order valence-electron chi connectivity index (χ1n) is 8.53. The number of benzene rings is 1. The van der Waals surface area contributed by atoms with Gasteiger partial charge < -0.3 is 23.9 Å². The molecule has 9 nitrogen and oxygen atoms in total. The van der Waals surface area contributed by atoms with Crippen molar-refractivity contribution in [2.24, 2.45) is 0 Å². The van der Waals surface area contributed by atoms with E-state index in [-0.39, 0.29) is 6.61 Å². The number of hydrogen-bond donors (Lipinski definition) is 2. The summed E-state index contributed by atoms with van der Waals surface area (Å²) in [5.74, 6) is 1.44. The molecule has 140 valence electrons. The molecular formula is C18H19N5O4. The Morgan fingerprint density at radius 3 is 3.07 bits per heavy atom. The van der Waals surface area contributed by atoms with Crippen LogP contribution in [0, 0.1) is 6.92 Å². The maximum Gasteiger partial charge on any atom is 0.412 e. The van der Waals surface area contributed by atoms with Gasteiger partial charge in [0.15, 0.2) is 0 Å². The third kappa shape index (κ3) is 4.02. The highest BCUT2D eigenvalue weighted by Crippen LogP contribution is 2.34. The molecule has 0 bridgehead atoms.